The van der Waals surface area contributed by atoms with Gasteiger partial charge in [0.2, 0.25) is 5.76 Å². The Kier molecular flexibility index (Phi) is 3.38. The molecule has 3 aromatic rings. The van der Waals surface area contributed by atoms with Crippen LogP contribution in [0.4, 0.5) is 0 Å². The van der Waals surface area contributed by atoms with Crippen molar-refractivity contribution in [3.05, 3.63) is 53.4 Å². The van der Waals surface area contributed by atoms with Gasteiger partial charge >= 0.3 is 5.97 Å². The van der Waals surface area contributed by atoms with Gasteiger partial charge in [0.25, 0.3) is 0 Å². The molecule has 0 saturated heterocycles. The minimum atomic E-state index is -1.08. The third-order valence-corrected chi connectivity index (χ3v) is 3.90. The van der Waals surface area contributed by atoms with Gasteiger partial charge in [-0.15, -0.1) is 0 Å². The predicted molar refractivity (Wildman–Crippen MR) is 76.5 cm³/mol. The largest absolute Gasteiger partial charge is 0.475 e. The number of furan rings is 1. The number of hydrogen-bond donors (Lipinski definition) is 1. The highest BCUT2D eigenvalue weighted by atomic mass is 35.5. The minimum Gasteiger partial charge on any atom is -0.475 e. The van der Waals surface area contributed by atoms with Gasteiger partial charge in [-0.1, -0.05) is 29.4 Å². The zero-order valence-electron chi connectivity index (χ0n) is 10.0. The Bertz CT molecular complexity index is 800. The van der Waals surface area contributed by atoms with Crippen molar-refractivity contribution in [1.82, 2.24) is 4.98 Å². The van der Waals surface area contributed by atoms with Gasteiger partial charge in [-0.3, -0.25) is 4.98 Å². The third-order valence-electron chi connectivity index (χ3n) is 2.67. The van der Waals surface area contributed by atoms with Crippen LogP contribution in [0.3, 0.4) is 0 Å². The van der Waals surface area contributed by atoms with E-state index in [1.165, 1.54) is 17.8 Å². The maximum atomic E-state index is 10.8. The van der Waals surface area contributed by atoms with Crippen LogP contribution in [-0.4, -0.2) is 16.1 Å². The van der Waals surface area contributed by atoms with Crippen molar-refractivity contribution in [2.24, 2.45) is 0 Å². The number of hydrogen-bond acceptors (Lipinski definition) is 4. The average Bonchev–Trinajstić information content (AvgIpc) is 2.87. The summed E-state index contributed by atoms with van der Waals surface area (Å²) >= 11 is 7.29. The van der Waals surface area contributed by atoms with E-state index in [-0.39, 0.29) is 5.76 Å². The summed E-state index contributed by atoms with van der Waals surface area (Å²) in [4.78, 5) is 16.0. The molecule has 0 atom stereocenters. The molecular formula is C14H8ClNO3S. The molecule has 1 N–H and O–H groups in total. The summed E-state index contributed by atoms with van der Waals surface area (Å²) in [6, 6.07) is 10.4. The molecule has 100 valence electrons. The molecule has 20 heavy (non-hydrogen) atoms. The highest BCUT2D eigenvalue weighted by molar-refractivity contribution is 7.99. The third kappa shape index (κ3) is 2.50. The molecule has 0 bridgehead atoms. The van der Waals surface area contributed by atoms with Crippen LogP contribution in [-0.2, 0) is 0 Å². The van der Waals surface area contributed by atoms with Crippen LogP contribution in [0, 0.1) is 0 Å². The number of fused-ring (bicyclic) bond motifs is 1. The van der Waals surface area contributed by atoms with Gasteiger partial charge in [-0.2, -0.15) is 0 Å². The maximum Gasteiger partial charge on any atom is 0.371 e. The van der Waals surface area contributed by atoms with Gasteiger partial charge in [0, 0.05) is 21.5 Å². The van der Waals surface area contributed by atoms with Crippen LogP contribution >= 0.6 is 23.4 Å². The molecule has 0 aliphatic rings. The molecule has 0 amide bonds. The Morgan fingerprint density at radius 2 is 2.10 bits per heavy atom. The number of carbonyl (C=O) groups is 1. The van der Waals surface area contributed by atoms with Crippen molar-refractivity contribution in [2.45, 2.75) is 9.99 Å². The van der Waals surface area contributed by atoms with E-state index < -0.39 is 5.97 Å². The van der Waals surface area contributed by atoms with E-state index in [1.807, 2.05) is 12.1 Å². The van der Waals surface area contributed by atoms with Crippen LogP contribution in [0.2, 0.25) is 5.02 Å². The lowest BCUT2D eigenvalue weighted by molar-refractivity contribution is 0.0656. The fourth-order valence-corrected chi connectivity index (χ4v) is 2.84. The second-order valence-electron chi connectivity index (χ2n) is 4.00. The Balaban J connectivity index is 1.99. The molecule has 6 heteroatoms. The van der Waals surface area contributed by atoms with Gasteiger partial charge in [0.05, 0.1) is 5.52 Å². The molecule has 2 aromatic heterocycles. The van der Waals surface area contributed by atoms with E-state index in [4.69, 9.17) is 21.1 Å². The van der Waals surface area contributed by atoms with E-state index in [2.05, 4.69) is 4.98 Å². The summed E-state index contributed by atoms with van der Waals surface area (Å²) in [5, 5.41) is 10.9. The summed E-state index contributed by atoms with van der Waals surface area (Å²) in [7, 11) is 0. The second kappa shape index (κ2) is 5.19. The molecular weight excluding hydrogens is 298 g/mol. The fraction of sp³-hybridized carbons (Fsp3) is 0. The highest BCUT2D eigenvalue weighted by Crippen LogP contribution is 2.34. The first kappa shape index (κ1) is 13.0. The van der Waals surface area contributed by atoms with Crippen molar-refractivity contribution >= 4 is 40.2 Å². The van der Waals surface area contributed by atoms with Crippen molar-refractivity contribution < 1.29 is 14.3 Å². The summed E-state index contributed by atoms with van der Waals surface area (Å²) in [6.07, 6.45) is 1.68. The quantitative estimate of drug-likeness (QED) is 0.780. The number of carboxylic acids is 1. The van der Waals surface area contributed by atoms with Crippen molar-refractivity contribution in [2.75, 3.05) is 0 Å². The number of aromatic nitrogens is 1. The number of halogens is 1. The summed E-state index contributed by atoms with van der Waals surface area (Å²) in [5.74, 6) is -1.16. The first-order valence-electron chi connectivity index (χ1n) is 5.69. The van der Waals surface area contributed by atoms with Crippen LogP contribution < -0.4 is 0 Å². The normalized spacial score (nSPS) is 10.8. The molecule has 1 aromatic carbocycles. The minimum absolute atomic E-state index is 0.0751. The molecule has 0 spiro atoms. The number of nitrogens with zero attached hydrogens (tertiary/aromatic N) is 1. The first-order chi connectivity index (χ1) is 9.63. The first-order valence-corrected chi connectivity index (χ1v) is 6.88. The van der Waals surface area contributed by atoms with E-state index in [0.29, 0.717) is 10.1 Å². The van der Waals surface area contributed by atoms with Crippen LogP contribution in [0.1, 0.15) is 10.6 Å². The molecule has 2 heterocycles. The van der Waals surface area contributed by atoms with Crippen molar-refractivity contribution in [1.29, 1.82) is 0 Å². The van der Waals surface area contributed by atoms with Crippen LogP contribution in [0.25, 0.3) is 10.9 Å². The molecule has 0 fully saturated rings. The molecule has 0 aliphatic carbocycles. The number of pyridine rings is 1. The SMILES string of the molecule is O=C(O)c1ccc(Sc2ccnc3cc(Cl)ccc23)o1. The Hall–Kier alpha value is -1.98. The van der Waals surface area contributed by atoms with E-state index in [1.54, 1.807) is 24.4 Å². The van der Waals surface area contributed by atoms with Gasteiger partial charge < -0.3 is 9.52 Å². The molecule has 0 radical (unpaired) electrons. The monoisotopic (exact) mass is 305 g/mol. The number of carboxylic acid groups (broad SMARTS) is 1. The van der Waals surface area contributed by atoms with Crippen molar-refractivity contribution in [3.8, 4) is 0 Å². The zero-order valence-corrected chi connectivity index (χ0v) is 11.6. The van der Waals surface area contributed by atoms with E-state index in [9.17, 15) is 4.79 Å². The highest BCUT2D eigenvalue weighted by Gasteiger charge is 2.11. The number of rotatable bonds is 3. The lowest BCUT2D eigenvalue weighted by Crippen LogP contribution is -1.91. The van der Waals surface area contributed by atoms with E-state index in [0.717, 1.165) is 15.8 Å². The average molecular weight is 306 g/mol. The van der Waals surface area contributed by atoms with Crippen molar-refractivity contribution in [3.63, 3.8) is 0 Å². The lowest BCUT2D eigenvalue weighted by atomic mass is 10.2. The molecule has 0 saturated carbocycles. The van der Waals surface area contributed by atoms with Gasteiger partial charge in [0.15, 0.2) is 5.09 Å². The van der Waals surface area contributed by atoms with Gasteiger partial charge in [-0.25, -0.2) is 4.79 Å². The molecule has 3 rings (SSSR count). The second-order valence-corrected chi connectivity index (χ2v) is 5.48. The Morgan fingerprint density at radius 1 is 1.25 bits per heavy atom. The molecule has 4 nitrogen and oxygen atoms in total. The Morgan fingerprint density at radius 3 is 2.85 bits per heavy atom. The predicted octanol–water partition coefficient (Wildman–Crippen LogP) is 4.33. The Labute approximate surface area is 123 Å². The van der Waals surface area contributed by atoms with Gasteiger partial charge in [-0.05, 0) is 30.3 Å². The van der Waals surface area contributed by atoms with Crippen LogP contribution in [0.5, 0.6) is 0 Å². The topological polar surface area (TPSA) is 63.3 Å². The molecule has 0 unspecified atom stereocenters. The number of aromatic carboxylic acids is 1. The summed E-state index contributed by atoms with van der Waals surface area (Å²) < 4.78 is 5.24. The standard InChI is InChI=1S/C14H8ClNO3S/c15-8-1-2-9-10(7-8)16-6-5-12(9)20-13-4-3-11(19-13)14(17)18/h1-7H,(H,17,18). The zero-order chi connectivity index (χ0) is 14.1. The smallest absolute Gasteiger partial charge is 0.371 e. The lowest BCUT2D eigenvalue weighted by Gasteiger charge is -2.04. The summed E-state index contributed by atoms with van der Waals surface area (Å²) in [6.45, 7) is 0. The van der Waals surface area contributed by atoms with E-state index >= 15 is 0 Å². The molecule has 0 aliphatic heterocycles. The van der Waals surface area contributed by atoms with Gasteiger partial charge in [0.1, 0.15) is 0 Å². The number of benzene rings is 1. The summed E-state index contributed by atoms with van der Waals surface area (Å²) in [5.41, 5.74) is 0.785. The van der Waals surface area contributed by atoms with Crippen LogP contribution in [0.15, 0.2) is 57.0 Å². The maximum absolute atomic E-state index is 10.8. The fourth-order valence-electron chi connectivity index (χ4n) is 1.78.